The lowest BCUT2D eigenvalue weighted by Crippen LogP contribution is -2.06. The summed E-state index contributed by atoms with van der Waals surface area (Å²) in [6.45, 7) is 1.61. The number of benzene rings is 1. The number of hydrogen-bond donors (Lipinski definition) is 0. The second-order valence-corrected chi connectivity index (χ2v) is 5.49. The third kappa shape index (κ3) is 3.92. The monoisotopic (exact) mass is 382 g/mol. The third-order valence-corrected chi connectivity index (χ3v) is 3.77. The summed E-state index contributed by atoms with van der Waals surface area (Å²) in [4.78, 5) is 23.6. The van der Waals surface area contributed by atoms with Crippen molar-refractivity contribution in [2.75, 3.05) is 14.2 Å². The molecule has 0 aliphatic rings. The number of carbonyl (C=O) groups is 2. The second-order valence-electron chi connectivity index (χ2n) is 4.64. The average molecular weight is 383 g/mol. The molecule has 0 saturated heterocycles. The number of esters is 2. The number of hydrogen-bond acceptors (Lipinski definition) is 6. The third-order valence-electron chi connectivity index (χ3n) is 3.08. The van der Waals surface area contributed by atoms with Gasteiger partial charge in [0, 0.05) is 10.0 Å². The molecule has 6 nitrogen and oxygen atoms in total. The smallest absolute Gasteiger partial charge is 0.374 e. The summed E-state index contributed by atoms with van der Waals surface area (Å²) < 4.78 is 20.8. The lowest BCUT2D eigenvalue weighted by Gasteiger charge is -2.07. The van der Waals surface area contributed by atoms with Crippen LogP contribution in [0.2, 0.25) is 0 Å². The summed E-state index contributed by atoms with van der Waals surface area (Å²) in [6.07, 6.45) is 0. The number of furan rings is 1. The van der Waals surface area contributed by atoms with Crippen molar-refractivity contribution in [3.63, 3.8) is 0 Å². The number of aryl methyl sites for hydroxylation is 1. The van der Waals surface area contributed by atoms with Crippen LogP contribution in [0.25, 0.3) is 0 Å². The Morgan fingerprint density at radius 3 is 2.57 bits per heavy atom. The minimum Gasteiger partial charge on any atom is -0.497 e. The van der Waals surface area contributed by atoms with Crippen molar-refractivity contribution in [3.8, 4) is 5.75 Å². The molecule has 0 N–H and O–H groups in total. The molecule has 2 aromatic rings. The van der Waals surface area contributed by atoms with Crippen LogP contribution in [-0.4, -0.2) is 26.2 Å². The first-order chi connectivity index (χ1) is 11.0. The molecule has 0 atom stereocenters. The first-order valence-electron chi connectivity index (χ1n) is 6.64. The summed E-state index contributed by atoms with van der Waals surface area (Å²) in [5.74, 6) is -0.113. The van der Waals surface area contributed by atoms with Crippen molar-refractivity contribution in [3.05, 3.63) is 51.4 Å². The van der Waals surface area contributed by atoms with Gasteiger partial charge >= 0.3 is 11.9 Å². The zero-order valence-electron chi connectivity index (χ0n) is 12.8. The van der Waals surface area contributed by atoms with Crippen LogP contribution < -0.4 is 4.74 Å². The quantitative estimate of drug-likeness (QED) is 0.736. The molecular weight excluding hydrogens is 368 g/mol. The maximum atomic E-state index is 12.1. The largest absolute Gasteiger partial charge is 0.497 e. The van der Waals surface area contributed by atoms with E-state index in [1.54, 1.807) is 31.2 Å². The molecule has 122 valence electrons. The zero-order valence-corrected chi connectivity index (χ0v) is 14.4. The van der Waals surface area contributed by atoms with E-state index in [9.17, 15) is 9.59 Å². The first-order valence-corrected chi connectivity index (χ1v) is 7.43. The summed E-state index contributed by atoms with van der Waals surface area (Å²) in [5, 5.41) is 0. The van der Waals surface area contributed by atoms with Crippen molar-refractivity contribution in [1.29, 1.82) is 0 Å². The van der Waals surface area contributed by atoms with Crippen LogP contribution in [0.15, 0.2) is 33.2 Å². The summed E-state index contributed by atoms with van der Waals surface area (Å²) in [6, 6.07) is 6.61. The summed E-state index contributed by atoms with van der Waals surface area (Å²) in [7, 11) is 2.78. The van der Waals surface area contributed by atoms with Gasteiger partial charge in [0.15, 0.2) is 0 Å². The molecule has 1 aromatic heterocycles. The van der Waals surface area contributed by atoms with Gasteiger partial charge in [-0.1, -0.05) is 0 Å². The van der Waals surface area contributed by atoms with Crippen molar-refractivity contribution in [2.24, 2.45) is 0 Å². The molecule has 7 heteroatoms. The van der Waals surface area contributed by atoms with Crippen molar-refractivity contribution >= 4 is 27.9 Å². The van der Waals surface area contributed by atoms with E-state index >= 15 is 0 Å². The Morgan fingerprint density at radius 2 is 1.91 bits per heavy atom. The highest BCUT2D eigenvalue weighted by Crippen LogP contribution is 2.24. The number of methoxy groups -OCH3 is 2. The molecule has 0 bridgehead atoms. The van der Waals surface area contributed by atoms with Crippen molar-refractivity contribution < 1.29 is 28.2 Å². The highest BCUT2D eigenvalue weighted by molar-refractivity contribution is 9.10. The van der Waals surface area contributed by atoms with E-state index < -0.39 is 11.9 Å². The minimum absolute atomic E-state index is 0.0969. The van der Waals surface area contributed by atoms with Gasteiger partial charge in [0.25, 0.3) is 0 Å². The molecule has 0 saturated carbocycles. The standard InChI is InChI=1S/C16H15BrO6/c1-9-6-11(23-14(9)16(19)21-3)8-22-15(18)12-7-10(20-2)4-5-13(12)17/h4-7H,8H2,1-3H3. The molecule has 0 aliphatic carbocycles. The highest BCUT2D eigenvalue weighted by Gasteiger charge is 2.18. The van der Waals surface area contributed by atoms with Gasteiger partial charge in [-0.25, -0.2) is 9.59 Å². The summed E-state index contributed by atoms with van der Waals surface area (Å²) >= 11 is 3.29. The second kappa shape index (κ2) is 7.32. The van der Waals surface area contributed by atoms with E-state index in [4.69, 9.17) is 13.9 Å². The van der Waals surface area contributed by atoms with E-state index in [1.165, 1.54) is 14.2 Å². The Hall–Kier alpha value is -2.28. The molecule has 0 fully saturated rings. The van der Waals surface area contributed by atoms with Crippen LogP contribution in [0.5, 0.6) is 5.75 Å². The fraction of sp³-hybridized carbons (Fsp3) is 0.250. The van der Waals surface area contributed by atoms with Crippen LogP contribution in [0.3, 0.4) is 0 Å². The molecule has 2 rings (SSSR count). The van der Waals surface area contributed by atoms with Crippen LogP contribution in [-0.2, 0) is 16.1 Å². The van der Waals surface area contributed by atoms with Gasteiger partial charge in [-0.05, 0) is 47.1 Å². The molecule has 1 heterocycles. The molecule has 0 radical (unpaired) electrons. The fourth-order valence-electron chi connectivity index (χ4n) is 1.92. The van der Waals surface area contributed by atoms with Crippen LogP contribution in [0.4, 0.5) is 0 Å². The van der Waals surface area contributed by atoms with Gasteiger partial charge in [-0.3, -0.25) is 0 Å². The molecule has 0 spiro atoms. The first kappa shape index (κ1) is 17.1. The Labute approximate surface area is 141 Å². The molecule has 0 amide bonds. The Kier molecular flexibility index (Phi) is 5.44. The molecular formula is C16H15BrO6. The average Bonchev–Trinajstić information content (AvgIpc) is 2.93. The Morgan fingerprint density at radius 1 is 1.17 bits per heavy atom. The van der Waals surface area contributed by atoms with E-state index in [-0.39, 0.29) is 12.4 Å². The number of ether oxygens (including phenoxy) is 3. The predicted molar refractivity (Wildman–Crippen MR) is 84.6 cm³/mol. The lowest BCUT2D eigenvalue weighted by molar-refractivity contribution is 0.0437. The number of halogens is 1. The predicted octanol–water partition coefficient (Wildman–Crippen LogP) is 3.50. The molecule has 0 unspecified atom stereocenters. The molecule has 0 aliphatic heterocycles. The number of rotatable bonds is 5. The van der Waals surface area contributed by atoms with Crippen LogP contribution in [0.1, 0.15) is 32.2 Å². The van der Waals surface area contributed by atoms with Gasteiger partial charge in [-0.2, -0.15) is 0 Å². The number of carbonyl (C=O) groups excluding carboxylic acids is 2. The van der Waals surface area contributed by atoms with Crippen molar-refractivity contribution in [1.82, 2.24) is 0 Å². The van der Waals surface area contributed by atoms with Crippen molar-refractivity contribution in [2.45, 2.75) is 13.5 Å². The SMILES string of the molecule is COC(=O)c1oc(COC(=O)c2cc(OC)ccc2Br)cc1C. The topological polar surface area (TPSA) is 75.0 Å². The van der Waals surface area contributed by atoms with E-state index in [0.717, 1.165) is 0 Å². The normalized spacial score (nSPS) is 10.3. The molecule has 23 heavy (non-hydrogen) atoms. The van der Waals surface area contributed by atoms with E-state index in [0.29, 0.717) is 27.1 Å². The van der Waals surface area contributed by atoms with Crippen LogP contribution >= 0.6 is 15.9 Å². The van der Waals surface area contributed by atoms with E-state index in [1.807, 2.05) is 0 Å². The fourth-order valence-corrected chi connectivity index (χ4v) is 2.33. The van der Waals surface area contributed by atoms with Gasteiger partial charge in [0.2, 0.25) is 5.76 Å². The zero-order chi connectivity index (χ0) is 17.0. The minimum atomic E-state index is -0.574. The summed E-state index contributed by atoms with van der Waals surface area (Å²) in [5.41, 5.74) is 0.950. The van der Waals surface area contributed by atoms with Gasteiger partial charge in [0.1, 0.15) is 18.1 Å². The maximum Gasteiger partial charge on any atom is 0.374 e. The van der Waals surface area contributed by atoms with Gasteiger partial charge < -0.3 is 18.6 Å². The van der Waals surface area contributed by atoms with Gasteiger partial charge in [-0.15, -0.1) is 0 Å². The van der Waals surface area contributed by atoms with Crippen LogP contribution in [0, 0.1) is 6.92 Å². The molecule has 1 aromatic carbocycles. The Bertz CT molecular complexity index is 734. The highest BCUT2D eigenvalue weighted by atomic mass is 79.9. The lowest BCUT2D eigenvalue weighted by atomic mass is 10.2. The Balaban J connectivity index is 2.09. The van der Waals surface area contributed by atoms with Gasteiger partial charge in [0.05, 0.1) is 19.8 Å². The van der Waals surface area contributed by atoms with E-state index in [2.05, 4.69) is 20.7 Å². The maximum absolute atomic E-state index is 12.1.